The van der Waals surface area contributed by atoms with E-state index in [1.165, 1.54) is 0 Å². The molecule has 0 spiro atoms. The number of rotatable bonds is 3. The first-order chi connectivity index (χ1) is 7.62. The molecule has 0 aliphatic heterocycles. The zero-order valence-corrected chi connectivity index (χ0v) is 13.3. The summed E-state index contributed by atoms with van der Waals surface area (Å²) in [6.45, 7) is -5.14. The Labute approximate surface area is 145 Å². The van der Waals surface area contributed by atoms with Crippen molar-refractivity contribution >= 4 is 17.2 Å². The fraction of sp³-hybridized carbons (Fsp3) is 0.111. The Bertz CT molecular complexity index is 577. The van der Waals surface area contributed by atoms with Crippen LogP contribution in [0.2, 0.25) is 0 Å². The van der Waals surface area contributed by atoms with Crippen molar-refractivity contribution in [2.75, 3.05) is 0 Å². The fourth-order valence-electron chi connectivity index (χ4n) is 1.27. The van der Waals surface area contributed by atoms with Crippen molar-refractivity contribution in [1.82, 2.24) is 0 Å². The van der Waals surface area contributed by atoms with Crippen molar-refractivity contribution in [3.8, 4) is 12.3 Å². The maximum Gasteiger partial charge on any atom is 1.00 e. The first-order valence-corrected chi connectivity index (χ1v) is 5.76. The second-order valence-corrected chi connectivity index (χ2v) is 4.71. The molecule has 0 saturated carbocycles. The monoisotopic (exact) mass is 304 g/mol. The van der Waals surface area contributed by atoms with E-state index in [-0.39, 0.29) is 62.5 Å². The minimum Gasteiger partial charge on any atom is -0.449 e. The van der Waals surface area contributed by atoms with Gasteiger partial charge >= 0.3 is 68.6 Å². The molecule has 1 aromatic rings. The van der Waals surface area contributed by atoms with Crippen molar-refractivity contribution in [1.29, 1.82) is 0 Å². The Morgan fingerprint density at radius 2 is 1.78 bits per heavy atom. The molecular weight excluding hydrogens is 298 g/mol. The molecule has 0 radical (unpaired) electrons. The van der Waals surface area contributed by atoms with Crippen LogP contribution in [0.25, 0.3) is 0 Å². The molecule has 0 unspecified atom stereocenters. The molecule has 9 heteroatoms. The van der Waals surface area contributed by atoms with E-state index in [0.717, 1.165) is 12.1 Å². The largest absolute Gasteiger partial charge is 1.00 e. The standard InChI is InChI=1S/C9H6BF4O2S.K/c1-2-7-3-8(6-10(11,12)13)5-9(4-7)17(14,15)16;/h1,3-5H,6H2;/q-1;+1. The molecule has 0 heterocycles. The van der Waals surface area contributed by atoms with Gasteiger partial charge in [0.05, 0.1) is 4.90 Å². The van der Waals surface area contributed by atoms with Crippen LogP contribution in [0.15, 0.2) is 23.1 Å². The van der Waals surface area contributed by atoms with Crippen molar-refractivity contribution in [2.45, 2.75) is 11.2 Å². The summed E-state index contributed by atoms with van der Waals surface area (Å²) < 4.78 is 70.4. The summed E-state index contributed by atoms with van der Waals surface area (Å²) >= 11 is 0. The van der Waals surface area contributed by atoms with Crippen LogP contribution in [0.3, 0.4) is 0 Å². The number of terminal acetylenes is 1. The molecule has 0 fully saturated rings. The van der Waals surface area contributed by atoms with Gasteiger partial charge in [0.25, 0.3) is 0 Å². The summed E-state index contributed by atoms with van der Waals surface area (Å²) in [5, 5.41) is 0. The SMILES string of the molecule is C#Cc1cc(C[B-](F)(F)F)cc(S(=O)(=O)F)c1.[K+]. The second-order valence-electron chi connectivity index (χ2n) is 3.36. The summed E-state index contributed by atoms with van der Waals surface area (Å²) in [7, 11) is -5.07. The molecule has 0 aromatic heterocycles. The van der Waals surface area contributed by atoms with Crippen LogP contribution in [0.4, 0.5) is 16.8 Å². The van der Waals surface area contributed by atoms with Gasteiger partial charge in [-0.15, -0.1) is 10.3 Å². The van der Waals surface area contributed by atoms with Gasteiger partial charge in [0.2, 0.25) is 0 Å². The first-order valence-electron chi connectivity index (χ1n) is 4.38. The van der Waals surface area contributed by atoms with E-state index in [1.54, 1.807) is 0 Å². The summed E-state index contributed by atoms with van der Waals surface area (Å²) in [4.78, 5) is -0.858. The summed E-state index contributed by atoms with van der Waals surface area (Å²) in [6, 6.07) is 2.44. The maximum atomic E-state index is 12.7. The first kappa shape index (κ1) is 18.2. The van der Waals surface area contributed by atoms with E-state index < -0.39 is 28.4 Å². The molecule has 0 N–H and O–H groups in total. The van der Waals surface area contributed by atoms with E-state index in [4.69, 9.17) is 6.42 Å². The molecule has 0 aliphatic rings. The molecule has 0 bridgehead atoms. The average Bonchev–Trinajstić information content (AvgIpc) is 2.13. The van der Waals surface area contributed by atoms with Gasteiger partial charge in [-0.3, -0.25) is 0 Å². The Morgan fingerprint density at radius 1 is 1.22 bits per heavy atom. The van der Waals surface area contributed by atoms with Crippen molar-refractivity contribution in [2.24, 2.45) is 0 Å². The normalized spacial score (nSPS) is 11.5. The van der Waals surface area contributed by atoms with Gasteiger partial charge in [0.15, 0.2) is 0 Å². The Kier molecular flexibility index (Phi) is 6.60. The van der Waals surface area contributed by atoms with Crippen LogP contribution in [-0.2, 0) is 16.5 Å². The second kappa shape index (κ2) is 6.54. The Hall–Kier alpha value is 0.151. The minimum absolute atomic E-state index is 0. The van der Waals surface area contributed by atoms with Gasteiger partial charge in [-0.1, -0.05) is 17.8 Å². The summed E-state index contributed by atoms with van der Waals surface area (Å²) in [5.41, 5.74) is -0.483. The van der Waals surface area contributed by atoms with E-state index in [0.29, 0.717) is 6.07 Å². The van der Waals surface area contributed by atoms with Crippen molar-refractivity contribution in [3.63, 3.8) is 0 Å². The van der Waals surface area contributed by atoms with Crippen molar-refractivity contribution in [3.05, 3.63) is 29.3 Å². The summed E-state index contributed by atoms with van der Waals surface area (Å²) in [6.07, 6.45) is 3.64. The van der Waals surface area contributed by atoms with Gasteiger partial charge in [0.1, 0.15) is 0 Å². The van der Waals surface area contributed by atoms with Gasteiger partial charge in [-0.2, -0.15) is 8.42 Å². The molecular formula is C9H6BF4KO2S. The van der Waals surface area contributed by atoms with Gasteiger partial charge in [-0.25, -0.2) is 0 Å². The van der Waals surface area contributed by atoms with E-state index in [2.05, 4.69) is 0 Å². The molecule has 92 valence electrons. The summed E-state index contributed by atoms with van der Waals surface area (Å²) in [5.74, 6) is 1.97. The quantitative estimate of drug-likeness (QED) is 0.319. The zero-order chi connectivity index (χ0) is 13.3. The third-order valence-corrected chi connectivity index (χ3v) is 2.68. The topological polar surface area (TPSA) is 34.1 Å². The van der Waals surface area contributed by atoms with Crippen LogP contribution < -0.4 is 51.4 Å². The van der Waals surface area contributed by atoms with Crippen LogP contribution in [0, 0.1) is 12.3 Å². The predicted octanol–water partition coefficient (Wildman–Crippen LogP) is -0.741. The molecule has 1 rings (SSSR count). The molecule has 0 saturated heterocycles. The fourth-order valence-corrected chi connectivity index (χ4v) is 1.83. The van der Waals surface area contributed by atoms with Gasteiger partial charge in [0, 0.05) is 5.56 Å². The average molecular weight is 304 g/mol. The van der Waals surface area contributed by atoms with E-state index >= 15 is 0 Å². The predicted molar refractivity (Wildman–Crippen MR) is 55.5 cm³/mol. The third-order valence-electron chi connectivity index (χ3n) is 1.88. The van der Waals surface area contributed by atoms with Crippen LogP contribution >= 0.6 is 0 Å². The number of benzene rings is 1. The molecule has 1 aromatic carbocycles. The Balaban J connectivity index is 0.00000289. The molecule has 0 atom stereocenters. The van der Waals surface area contributed by atoms with E-state index in [1.807, 2.05) is 5.92 Å². The minimum atomic E-state index is -5.14. The Morgan fingerprint density at radius 3 is 2.17 bits per heavy atom. The van der Waals surface area contributed by atoms with Gasteiger partial charge < -0.3 is 12.9 Å². The third kappa shape index (κ3) is 5.86. The van der Waals surface area contributed by atoms with Gasteiger partial charge in [-0.05, 0) is 18.2 Å². The number of hydrogen-bond acceptors (Lipinski definition) is 2. The van der Waals surface area contributed by atoms with Crippen molar-refractivity contribution < 1.29 is 76.6 Å². The number of halogens is 4. The maximum absolute atomic E-state index is 12.7. The number of hydrogen-bond donors (Lipinski definition) is 0. The van der Waals surface area contributed by atoms with Crippen LogP contribution in [-0.4, -0.2) is 15.4 Å². The van der Waals surface area contributed by atoms with E-state index in [9.17, 15) is 25.3 Å². The smallest absolute Gasteiger partial charge is 0.449 e. The van der Waals surface area contributed by atoms with Crippen LogP contribution in [0.1, 0.15) is 11.1 Å². The molecule has 0 amide bonds. The molecule has 0 aliphatic carbocycles. The molecule has 2 nitrogen and oxygen atoms in total. The molecule has 18 heavy (non-hydrogen) atoms. The zero-order valence-electron chi connectivity index (χ0n) is 9.33. The van der Waals surface area contributed by atoms with Crippen LogP contribution in [0.5, 0.6) is 0 Å².